The van der Waals surface area contributed by atoms with Crippen molar-refractivity contribution in [3.8, 4) is 0 Å². The summed E-state index contributed by atoms with van der Waals surface area (Å²) in [5, 5.41) is -0.00983. The molecule has 0 aromatic carbocycles. The standard InChI is InChI=1S/C11H8Cl2F2N4/c12-9-7(15)8-6(3-16-9)10(18-11(13)17-8)19-2-1-5(14)4-19/h3,5H,1-2,4H2/t5-/m1/s1. The molecular weight excluding hydrogens is 297 g/mol. The number of anilines is 1. The first kappa shape index (κ1) is 12.7. The fourth-order valence-electron chi connectivity index (χ4n) is 2.14. The molecule has 0 aliphatic carbocycles. The molecule has 1 aliphatic rings. The van der Waals surface area contributed by atoms with Crippen molar-refractivity contribution in [2.45, 2.75) is 12.6 Å². The highest BCUT2D eigenvalue weighted by molar-refractivity contribution is 6.30. The molecule has 1 aliphatic heterocycles. The number of nitrogens with zero attached hydrogens (tertiary/aromatic N) is 4. The van der Waals surface area contributed by atoms with E-state index in [0.29, 0.717) is 24.2 Å². The second-order valence-electron chi connectivity index (χ2n) is 4.27. The van der Waals surface area contributed by atoms with Crippen molar-refractivity contribution >= 4 is 39.9 Å². The quantitative estimate of drug-likeness (QED) is 0.600. The topological polar surface area (TPSA) is 41.9 Å². The Morgan fingerprint density at radius 1 is 1.32 bits per heavy atom. The Labute approximate surface area is 117 Å². The lowest BCUT2D eigenvalue weighted by atomic mass is 10.3. The first-order valence-electron chi connectivity index (χ1n) is 5.62. The summed E-state index contributed by atoms with van der Waals surface area (Å²) in [7, 11) is 0. The van der Waals surface area contributed by atoms with E-state index in [2.05, 4.69) is 15.0 Å². The first-order valence-corrected chi connectivity index (χ1v) is 6.38. The van der Waals surface area contributed by atoms with Crippen molar-refractivity contribution in [3.05, 3.63) is 22.5 Å². The van der Waals surface area contributed by atoms with Gasteiger partial charge in [0.15, 0.2) is 11.0 Å². The van der Waals surface area contributed by atoms with Gasteiger partial charge in [0.1, 0.15) is 17.5 Å². The molecule has 0 saturated carbocycles. The van der Waals surface area contributed by atoms with Crippen molar-refractivity contribution in [2.75, 3.05) is 18.0 Å². The summed E-state index contributed by atoms with van der Waals surface area (Å²) >= 11 is 11.4. The minimum atomic E-state index is -0.922. The largest absolute Gasteiger partial charge is 0.353 e. The van der Waals surface area contributed by atoms with Crippen molar-refractivity contribution in [3.63, 3.8) is 0 Å². The molecule has 0 N–H and O–H groups in total. The van der Waals surface area contributed by atoms with Gasteiger partial charge in [-0.1, -0.05) is 11.6 Å². The van der Waals surface area contributed by atoms with Crippen LogP contribution in [-0.4, -0.2) is 34.2 Å². The SMILES string of the molecule is Fc1c(Cl)ncc2c(N3CC[C@@H](F)C3)nc(Cl)nc12. The number of alkyl halides is 1. The van der Waals surface area contributed by atoms with Crippen LogP contribution in [-0.2, 0) is 0 Å². The lowest BCUT2D eigenvalue weighted by Gasteiger charge is -2.18. The molecule has 0 spiro atoms. The summed E-state index contributed by atoms with van der Waals surface area (Å²) in [6.07, 6.45) is 0.860. The second-order valence-corrected chi connectivity index (χ2v) is 4.97. The summed E-state index contributed by atoms with van der Waals surface area (Å²) in [6.45, 7) is 0.695. The van der Waals surface area contributed by atoms with Gasteiger partial charge < -0.3 is 4.90 Å². The number of hydrogen-bond acceptors (Lipinski definition) is 4. The van der Waals surface area contributed by atoms with E-state index in [-0.39, 0.29) is 22.5 Å². The third-order valence-electron chi connectivity index (χ3n) is 3.02. The first-order chi connectivity index (χ1) is 9.06. The van der Waals surface area contributed by atoms with E-state index in [4.69, 9.17) is 23.2 Å². The minimum absolute atomic E-state index is 0.00249. The van der Waals surface area contributed by atoms with Crippen LogP contribution in [0.5, 0.6) is 0 Å². The van der Waals surface area contributed by atoms with Gasteiger partial charge in [-0.2, -0.15) is 4.98 Å². The van der Waals surface area contributed by atoms with Crippen molar-refractivity contribution < 1.29 is 8.78 Å². The van der Waals surface area contributed by atoms with Crippen LogP contribution < -0.4 is 4.90 Å². The van der Waals surface area contributed by atoms with Gasteiger partial charge in [-0.15, -0.1) is 0 Å². The van der Waals surface area contributed by atoms with Crippen molar-refractivity contribution in [2.24, 2.45) is 0 Å². The van der Waals surface area contributed by atoms with Gasteiger partial charge >= 0.3 is 0 Å². The summed E-state index contributed by atoms with van der Waals surface area (Å²) in [5.41, 5.74) is -0.00249. The smallest absolute Gasteiger partial charge is 0.225 e. The number of halogens is 4. The second kappa shape index (κ2) is 4.68. The van der Waals surface area contributed by atoms with E-state index in [1.807, 2.05) is 0 Å². The average Bonchev–Trinajstić information content (AvgIpc) is 2.80. The Kier molecular flexibility index (Phi) is 3.14. The Bertz CT molecular complexity index is 652. The Morgan fingerprint density at radius 3 is 2.79 bits per heavy atom. The predicted octanol–water partition coefficient (Wildman–Crippen LogP) is 3.02. The molecule has 1 saturated heterocycles. The highest BCUT2D eigenvalue weighted by Crippen LogP contribution is 2.31. The normalized spacial score (nSPS) is 19.4. The fraction of sp³-hybridized carbons (Fsp3) is 0.364. The number of hydrogen-bond donors (Lipinski definition) is 0. The van der Waals surface area contributed by atoms with Crippen LogP contribution in [0.4, 0.5) is 14.6 Å². The molecule has 100 valence electrons. The molecule has 0 radical (unpaired) electrons. The zero-order valence-corrected chi connectivity index (χ0v) is 11.1. The maximum absolute atomic E-state index is 13.9. The van der Waals surface area contributed by atoms with Crippen molar-refractivity contribution in [1.29, 1.82) is 0 Å². The maximum Gasteiger partial charge on any atom is 0.225 e. The predicted molar refractivity (Wildman–Crippen MR) is 69.0 cm³/mol. The van der Waals surface area contributed by atoms with Gasteiger partial charge in [0.05, 0.1) is 11.9 Å². The molecule has 3 rings (SSSR count). The Morgan fingerprint density at radius 2 is 2.11 bits per heavy atom. The molecule has 0 bridgehead atoms. The molecule has 19 heavy (non-hydrogen) atoms. The van der Waals surface area contributed by atoms with E-state index in [9.17, 15) is 8.78 Å². The number of aromatic nitrogens is 3. The van der Waals surface area contributed by atoms with Crippen LogP contribution in [0.2, 0.25) is 10.4 Å². The maximum atomic E-state index is 13.9. The summed E-state index contributed by atoms with van der Waals surface area (Å²) in [4.78, 5) is 13.3. The van der Waals surface area contributed by atoms with Crippen LogP contribution >= 0.6 is 23.2 Å². The highest BCUT2D eigenvalue weighted by atomic mass is 35.5. The summed E-state index contributed by atoms with van der Waals surface area (Å²) in [5.74, 6) is -0.362. The van der Waals surface area contributed by atoms with Crippen LogP contribution in [0, 0.1) is 5.82 Å². The minimum Gasteiger partial charge on any atom is -0.353 e. The molecule has 3 heterocycles. The van der Waals surface area contributed by atoms with Gasteiger partial charge in [0, 0.05) is 12.7 Å². The molecule has 4 nitrogen and oxygen atoms in total. The van der Waals surface area contributed by atoms with Crippen LogP contribution in [0.25, 0.3) is 10.9 Å². The zero-order chi connectivity index (χ0) is 13.6. The molecule has 1 atom stereocenters. The van der Waals surface area contributed by atoms with Gasteiger partial charge in [-0.25, -0.2) is 18.7 Å². The zero-order valence-electron chi connectivity index (χ0n) is 9.58. The van der Waals surface area contributed by atoms with Crippen LogP contribution in [0.15, 0.2) is 6.20 Å². The molecule has 0 unspecified atom stereocenters. The van der Waals surface area contributed by atoms with E-state index in [0.717, 1.165) is 0 Å². The monoisotopic (exact) mass is 304 g/mol. The van der Waals surface area contributed by atoms with Gasteiger partial charge in [-0.3, -0.25) is 0 Å². The Balaban J connectivity index is 2.21. The average molecular weight is 305 g/mol. The molecular formula is C11H8Cl2F2N4. The molecule has 0 amide bonds. The lowest BCUT2D eigenvalue weighted by molar-refractivity contribution is 0.364. The molecule has 2 aromatic heterocycles. The fourth-order valence-corrected chi connectivity index (χ4v) is 2.45. The highest BCUT2D eigenvalue weighted by Gasteiger charge is 2.26. The van der Waals surface area contributed by atoms with Crippen LogP contribution in [0.3, 0.4) is 0 Å². The lowest BCUT2D eigenvalue weighted by Crippen LogP contribution is -2.22. The molecule has 8 heteroatoms. The van der Waals surface area contributed by atoms with E-state index >= 15 is 0 Å². The summed E-state index contributed by atoms with van der Waals surface area (Å²) in [6, 6.07) is 0. The van der Waals surface area contributed by atoms with E-state index in [1.165, 1.54) is 6.20 Å². The van der Waals surface area contributed by atoms with Gasteiger partial charge in [0.2, 0.25) is 5.28 Å². The third-order valence-corrected chi connectivity index (χ3v) is 3.46. The Hall–Kier alpha value is -1.27. The van der Waals surface area contributed by atoms with E-state index in [1.54, 1.807) is 4.90 Å². The van der Waals surface area contributed by atoms with Gasteiger partial charge in [-0.05, 0) is 18.0 Å². The van der Waals surface area contributed by atoms with Crippen molar-refractivity contribution in [1.82, 2.24) is 15.0 Å². The number of rotatable bonds is 1. The summed E-state index contributed by atoms with van der Waals surface area (Å²) < 4.78 is 27.2. The molecule has 1 fully saturated rings. The number of fused-ring (bicyclic) bond motifs is 1. The molecule has 2 aromatic rings. The number of pyridine rings is 1. The van der Waals surface area contributed by atoms with Gasteiger partial charge in [0.25, 0.3) is 0 Å². The van der Waals surface area contributed by atoms with E-state index < -0.39 is 12.0 Å². The van der Waals surface area contributed by atoms with Crippen LogP contribution in [0.1, 0.15) is 6.42 Å². The third kappa shape index (κ3) is 2.19.